The average molecular weight is 578 g/mol. The largest absolute Gasteiger partial charge is 0.309 e. The lowest BCUT2D eigenvalue weighted by Crippen LogP contribution is -2.49. The molecule has 0 radical (unpaired) electrons. The van der Waals surface area contributed by atoms with Gasteiger partial charge in [0.2, 0.25) is 15.7 Å². The van der Waals surface area contributed by atoms with Crippen molar-refractivity contribution in [2.24, 2.45) is 5.14 Å². The highest BCUT2D eigenvalue weighted by Gasteiger charge is 2.50. The molecule has 1 aliphatic heterocycles. The lowest BCUT2D eigenvalue weighted by Gasteiger charge is -2.36. The fourth-order valence-corrected chi connectivity index (χ4v) is 7.98. The van der Waals surface area contributed by atoms with E-state index in [9.17, 15) is 21.6 Å². The smallest absolute Gasteiger partial charge is 0.270 e. The molecule has 1 atom stereocenters. The van der Waals surface area contributed by atoms with Crippen LogP contribution in [0.4, 0.5) is 10.1 Å². The first-order chi connectivity index (χ1) is 16.2. The van der Waals surface area contributed by atoms with Gasteiger partial charge in [0.15, 0.2) is 14.0 Å². The van der Waals surface area contributed by atoms with E-state index in [1.165, 1.54) is 6.07 Å². The molecule has 0 aliphatic carbocycles. The van der Waals surface area contributed by atoms with E-state index in [-0.39, 0.29) is 34.8 Å². The van der Waals surface area contributed by atoms with Gasteiger partial charge in [-0.2, -0.15) is 0 Å². The molecule has 1 aromatic heterocycles. The number of nitrogens with two attached hydrogens (primary N) is 1. The lowest BCUT2D eigenvalue weighted by molar-refractivity contribution is -0.132. The zero-order chi connectivity index (χ0) is 25.8. The summed E-state index contributed by atoms with van der Waals surface area (Å²) in [5.41, 5.74) is -1.38. The van der Waals surface area contributed by atoms with Gasteiger partial charge in [0, 0.05) is 24.1 Å². The Hall–Kier alpha value is -2.02. The van der Waals surface area contributed by atoms with Crippen molar-refractivity contribution in [1.82, 2.24) is 0 Å². The second-order valence-electron chi connectivity index (χ2n) is 8.07. The molecule has 3 aromatic rings. The number of hydrogen-bond acceptors (Lipinski definition) is 6. The Morgan fingerprint density at radius 2 is 1.71 bits per heavy atom. The number of carbonyl (C=O) groups excluding carboxylic acids is 1. The summed E-state index contributed by atoms with van der Waals surface area (Å²) in [6, 6.07) is 13.3. The van der Waals surface area contributed by atoms with Crippen molar-refractivity contribution >= 4 is 66.0 Å². The molecule has 4 rings (SSSR count). The van der Waals surface area contributed by atoms with Crippen molar-refractivity contribution in [3.05, 3.63) is 63.5 Å². The molecule has 7 nitrogen and oxygen atoms in total. The van der Waals surface area contributed by atoms with Crippen molar-refractivity contribution < 1.29 is 26.0 Å². The zero-order valence-corrected chi connectivity index (χ0v) is 22.1. The van der Waals surface area contributed by atoms with E-state index in [0.29, 0.717) is 22.5 Å². The number of piperidine rings is 1. The van der Waals surface area contributed by atoms with Crippen LogP contribution in [0.25, 0.3) is 11.1 Å². The van der Waals surface area contributed by atoms with Crippen molar-refractivity contribution in [3.8, 4) is 11.1 Å². The van der Waals surface area contributed by atoms with Gasteiger partial charge in [-0.1, -0.05) is 59.6 Å². The van der Waals surface area contributed by atoms with Crippen LogP contribution in [0.1, 0.15) is 17.7 Å². The minimum Gasteiger partial charge on any atom is -0.309 e. The Kier molecular flexibility index (Phi) is 6.80. The number of benzene rings is 2. The summed E-state index contributed by atoms with van der Waals surface area (Å²) in [6.07, 6.45) is 0.996. The monoisotopic (exact) mass is 576 g/mol. The maximum atomic E-state index is 16.3. The summed E-state index contributed by atoms with van der Waals surface area (Å²) < 4.78 is 64.6. The zero-order valence-electron chi connectivity index (χ0n) is 18.2. The fourth-order valence-electron chi connectivity index (χ4n) is 4.01. The number of amides is 1. The van der Waals surface area contributed by atoms with E-state index in [4.69, 9.17) is 28.3 Å². The van der Waals surface area contributed by atoms with Gasteiger partial charge in [0.05, 0.1) is 19.8 Å². The Morgan fingerprint density at radius 3 is 2.29 bits per heavy atom. The van der Waals surface area contributed by atoms with Crippen molar-refractivity contribution in [3.63, 3.8) is 0 Å². The SMILES string of the molecule is CS(=O)(=O)c1cc(N2CCCC(F)(c3sc(S(N)(=O)=O)c(Cl)c3Cl)C2=O)ccc1-c1ccccc1. The van der Waals surface area contributed by atoms with Crippen molar-refractivity contribution in [2.45, 2.75) is 27.6 Å². The van der Waals surface area contributed by atoms with Crippen molar-refractivity contribution in [2.75, 3.05) is 17.7 Å². The molecule has 1 unspecified atom stereocenters. The highest BCUT2D eigenvalue weighted by Crippen LogP contribution is 2.50. The van der Waals surface area contributed by atoms with Gasteiger partial charge in [0.1, 0.15) is 0 Å². The van der Waals surface area contributed by atoms with Gasteiger partial charge < -0.3 is 4.90 Å². The van der Waals surface area contributed by atoms with Gasteiger partial charge in [0.25, 0.3) is 5.91 Å². The van der Waals surface area contributed by atoms with Crippen LogP contribution in [0.5, 0.6) is 0 Å². The molecule has 0 bridgehead atoms. The highest BCUT2D eigenvalue weighted by atomic mass is 35.5. The van der Waals surface area contributed by atoms with Crippen LogP contribution in [-0.4, -0.2) is 35.5 Å². The van der Waals surface area contributed by atoms with Gasteiger partial charge >= 0.3 is 0 Å². The number of carbonyl (C=O) groups is 1. The molecule has 0 spiro atoms. The number of primary sulfonamides is 1. The number of anilines is 1. The second kappa shape index (κ2) is 9.13. The third-order valence-corrected chi connectivity index (χ3v) is 10.7. The predicted octanol–water partition coefficient (Wildman–Crippen LogP) is 4.76. The van der Waals surface area contributed by atoms with Crippen molar-refractivity contribution in [1.29, 1.82) is 0 Å². The van der Waals surface area contributed by atoms with Crippen LogP contribution in [0.2, 0.25) is 10.0 Å². The molecule has 0 saturated carbocycles. The Balaban J connectivity index is 1.81. The van der Waals surface area contributed by atoms with Crippen LogP contribution < -0.4 is 10.0 Å². The minimum absolute atomic E-state index is 0.0160. The maximum Gasteiger partial charge on any atom is 0.270 e. The topological polar surface area (TPSA) is 115 Å². The maximum absolute atomic E-state index is 16.3. The van der Waals surface area contributed by atoms with E-state index in [2.05, 4.69) is 0 Å². The van der Waals surface area contributed by atoms with Crippen LogP contribution >= 0.6 is 34.5 Å². The fraction of sp³-hybridized carbons (Fsp3) is 0.227. The third-order valence-electron chi connectivity index (χ3n) is 5.63. The molecule has 35 heavy (non-hydrogen) atoms. The first-order valence-corrected chi connectivity index (χ1v) is 15.2. The molecule has 1 amide bonds. The van der Waals surface area contributed by atoms with E-state index in [1.54, 1.807) is 42.5 Å². The van der Waals surface area contributed by atoms with Crippen LogP contribution in [-0.2, 0) is 30.3 Å². The number of halogens is 3. The summed E-state index contributed by atoms with van der Waals surface area (Å²) >= 11 is 12.5. The molecular weight excluding hydrogens is 558 g/mol. The van der Waals surface area contributed by atoms with E-state index in [1.807, 2.05) is 0 Å². The summed E-state index contributed by atoms with van der Waals surface area (Å²) in [7, 11) is -8.01. The summed E-state index contributed by atoms with van der Waals surface area (Å²) in [6.45, 7) is 0.122. The van der Waals surface area contributed by atoms with Crippen LogP contribution in [0, 0.1) is 0 Å². The Bertz CT molecular complexity index is 1540. The third kappa shape index (κ3) is 4.73. The lowest BCUT2D eigenvalue weighted by atomic mass is 9.91. The van der Waals surface area contributed by atoms with E-state index < -0.39 is 45.7 Å². The highest BCUT2D eigenvalue weighted by molar-refractivity contribution is 7.91. The molecule has 2 heterocycles. The Morgan fingerprint density at radius 1 is 1.06 bits per heavy atom. The van der Waals surface area contributed by atoms with Gasteiger partial charge in [-0.3, -0.25) is 4.79 Å². The number of thiophene rings is 1. The van der Waals surface area contributed by atoms with Crippen LogP contribution in [0.15, 0.2) is 57.6 Å². The van der Waals surface area contributed by atoms with Crippen LogP contribution in [0.3, 0.4) is 0 Å². The quantitative estimate of drug-likeness (QED) is 0.470. The average Bonchev–Trinajstić information content (AvgIpc) is 3.11. The summed E-state index contributed by atoms with van der Waals surface area (Å²) in [5.74, 6) is -1.00. The van der Waals surface area contributed by atoms with E-state index >= 15 is 4.39 Å². The molecule has 13 heteroatoms. The predicted molar refractivity (Wildman–Crippen MR) is 135 cm³/mol. The molecule has 2 aromatic carbocycles. The molecule has 1 saturated heterocycles. The molecule has 1 aliphatic rings. The number of hydrogen-bond donors (Lipinski definition) is 1. The number of sulfonamides is 1. The molecule has 186 valence electrons. The standard InChI is InChI=1S/C22H19Cl2FN2O5S3/c1-34(29,30)16-12-14(8-9-15(16)13-6-3-2-4-7-13)27-11-5-10-22(25,21(27)28)19-17(23)18(24)20(33-19)35(26,31)32/h2-4,6-9,12H,5,10-11H2,1H3,(H2,26,31,32). The Labute approximate surface area is 216 Å². The molecule has 2 N–H and O–H groups in total. The summed E-state index contributed by atoms with van der Waals surface area (Å²) in [4.78, 5) is 14.2. The molecular formula is C22H19Cl2FN2O5S3. The normalized spacial score (nSPS) is 19.2. The number of rotatable bonds is 5. The van der Waals surface area contributed by atoms with E-state index in [0.717, 1.165) is 11.2 Å². The van der Waals surface area contributed by atoms with Gasteiger partial charge in [-0.25, -0.2) is 26.4 Å². The minimum atomic E-state index is -4.29. The number of nitrogens with zero attached hydrogens (tertiary/aromatic N) is 1. The van der Waals surface area contributed by atoms with Gasteiger partial charge in [-0.15, -0.1) is 11.3 Å². The molecule has 1 fully saturated rings. The summed E-state index contributed by atoms with van der Waals surface area (Å²) in [5, 5.41) is 4.31. The second-order valence-corrected chi connectivity index (χ2v) is 13.6. The first kappa shape index (κ1) is 26.1. The first-order valence-electron chi connectivity index (χ1n) is 10.2. The number of alkyl halides is 1. The number of sulfone groups is 1. The van der Waals surface area contributed by atoms with Gasteiger partial charge in [-0.05, 0) is 30.5 Å².